The van der Waals surface area contributed by atoms with Crippen molar-refractivity contribution in [2.24, 2.45) is 7.05 Å². The number of imidazole rings is 1. The molecule has 0 amide bonds. The minimum atomic E-state index is -0.452. The maximum Gasteiger partial charge on any atom is 0.374 e. The summed E-state index contributed by atoms with van der Waals surface area (Å²) < 4.78 is 7.20. The van der Waals surface area contributed by atoms with E-state index in [0.717, 1.165) is 17.5 Å². The lowest BCUT2D eigenvalue weighted by Crippen LogP contribution is -2.28. The van der Waals surface area contributed by atoms with Gasteiger partial charge in [-0.1, -0.05) is 6.92 Å². The molecule has 0 bridgehead atoms. The van der Waals surface area contributed by atoms with Crippen LogP contribution in [0.4, 0.5) is 0 Å². The van der Waals surface area contributed by atoms with Crippen LogP contribution in [0.5, 0.6) is 0 Å². The lowest BCUT2D eigenvalue weighted by molar-refractivity contribution is 0.0271. The number of benzene rings is 1. The number of carbonyl (C=O) groups is 2. The second-order valence-corrected chi connectivity index (χ2v) is 6.80. The van der Waals surface area contributed by atoms with Crippen molar-refractivity contribution >= 4 is 22.8 Å². The van der Waals surface area contributed by atoms with Crippen molar-refractivity contribution in [2.75, 3.05) is 20.6 Å². The molecule has 1 atom stereocenters. The second kappa shape index (κ2) is 7.78. The van der Waals surface area contributed by atoms with Crippen LogP contribution in [0.2, 0.25) is 0 Å². The summed E-state index contributed by atoms with van der Waals surface area (Å²) in [6, 6.07) is 3.69. The Bertz CT molecular complexity index is 793. The highest BCUT2D eigenvalue weighted by atomic mass is 16.5. The van der Waals surface area contributed by atoms with Crippen LogP contribution in [0.1, 0.15) is 53.2 Å². The summed E-state index contributed by atoms with van der Waals surface area (Å²) in [5, 5.41) is 0. The largest absolute Gasteiger partial charge is 0.455 e. The summed E-state index contributed by atoms with van der Waals surface area (Å²) >= 11 is 0. The lowest BCUT2D eigenvalue weighted by atomic mass is 10.0. The van der Waals surface area contributed by atoms with Gasteiger partial charge in [-0.25, -0.2) is 9.78 Å². The molecule has 0 aliphatic heterocycles. The molecular weight excluding hydrogens is 318 g/mol. The summed E-state index contributed by atoms with van der Waals surface area (Å²) in [6.07, 6.45) is 1.08. The molecule has 0 fully saturated rings. The van der Waals surface area contributed by atoms with Crippen molar-refractivity contribution in [2.45, 2.75) is 39.7 Å². The van der Waals surface area contributed by atoms with E-state index in [2.05, 4.69) is 4.98 Å². The highest BCUT2D eigenvalue weighted by molar-refractivity contribution is 6.01. The monoisotopic (exact) mass is 345 g/mol. The molecule has 2 aromatic rings. The van der Waals surface area contributed by atoms with Crippen LogP contribution >= 0.6 is 0 Å². The van der Waals surface area contributed by atoms with Crippen LogP contribution in [0.25, 0.3) is 11.0 Å². The number of carbonyl (C=O) groups excluding carboxylic acids is 2. The van der Waals surface area contributed by atoms with E-state index in [1.807, 2.05) is 45.8 Å². The van der Waals surface area contributed by atoms with E-state index in [0.29, 0.717) is 24.0 Å². The number of aromatic nitrogens is 2. The third-order valence-electron chi connectivity index (χ3n) is 4.12. The lowest BCUT2D eigenvalue weighted by Gasteiger charge is -2.17. The number of aryl methyl sites for hydroxylation is 2. The van der Waals surface area contributed by atoms with Gasteiger partial charge in [-0.3, -0.25) is 4.79 Å². The Morgan fingerprint density at radius 3 is 2.60 bits per heavy atom. The Kier molecular flexibility index (Phi) is 5.95. The zero-order valence-corrected chi connectivity index (χ0v) is 15.9. The molecule has 6 nitrogen and oxygen atoms in total. The quantitative estimate of drug-likeness (QED) is 0.570. The summed E-state index contributed by atoms with van der Waals surface area (Å²) in [5.74, 6) is -0.0940. The van der Waals surface area contributed by atoms with Gasteiger partial charge in [-0.05, 0) is 52.1 Å². The number of rotatable bonds is 7. The minimum absolute atomic E-state index is 0.108. The molecule has 136 valence electrons. The first-order valence-corrected chi connectivity index (χ1v) is 8.60. The Balaban J connectivity index is 2.35. The highest BCUT2D eigenvalue weighted by Crippen LogP contribution is 2.22. The number of Topliss-reactive ketones (excluding diaryl/α,β-unsaturated/α-hetero) is 1. The number of hydrogen-bond donors (Lipinski definition) is 0. The molecule has 0 saturated heterocycles. The van der Waals surface area contributed by atoms with Crippen LogP contribution in [-0.2, 0) is 11.8 Å². The van der Waals surface area contributed by atoms with Crippen LogP contribution in [0.3, 0.4) is 0 Å². The van der Waals surface area contributed by atoms with Gasteiger partial charge in [0, 0.05) is 25.6 Å². The fraction of sp³-hybridized carbons (Fsp3) is 0.526. The first-order valence-electron chi connectivity index (χ1n) is 8.60. The SMILES string of the molecule is CCCC(=O)c1cc2nc(C(=O)OC(C)CN(C)C)n(C)c2cc1C. The van der Waals surface area contributed by atoms with E-state index >= 15 is 0 Å². The summed E-state index contributed by atoms with van der Waals surface area (Å²) in [7, 11) is 5.64. The fourth-order valence-corrected chi connectivity index (χ4v) is 2.97. The van der Waals surface area contributed by atoms with Gasteiger partial charge < -0.3 is 14.2 Å². The Morgan fingerprint density at radius 2 is 2.00 bits per heavy atom. The van der Waals surface area contributed by atoms with E-state index in [1.54, 1.807) is 17.7 Å². The van der Waals surface area contributed by atoms with Crippen molar-refractivity contribution in [3.05, 3.63) is 29.1 Å². The molecule has 1 aromatic heterocycles. The molecule has 6 heteroatoms. The summed E-state index contributed by atoms with van der Waals surface area (Å²) in [6.45, 7) is 6.39. The molecule has 0 radical (unpaired) electrons. The number of esters is 1. The van der Waals surface area contributed by atoms with E-state index < -0.39 is 5.97 Å². The first-order chi connectivity index (χ1) is 11.7. The van der Waals surface area contributed by atoms with Crippen molar-refractivity contribution < 1.29 is 14.3 Å². The van der Waals surface area contributed by atoms with Gasteiger partial charge in [0.05, 0.1) is 11.0 Å². The Morgan fingerprint density at radius 1 is 1.32 bits per heavy atom. The number of ketones is 1. The molecule has 0 N–H and O–H groups in total. The van der Waals surface area contributed by atoms with Gasteiger partial charge in [0.15, 0.2) is 5.78 Å². The maximum atomic E-state index is 12.4. The van der Waals surface area contributed by atoms with Gasteiger partial charge in [-0.15, -0.1) is 0 Å². The predicted molar refractivity (Wildman–Crippen MR) is 98.1 cm³/mol. The van der Waals surface area contributed by atoms with E-state index in [-0.39, 0.29) is 17.7 Å². The Labute approximate surface area is 148 Å². The molecule has 0 spiro atoms. The van der Waals surface area contributed by atoms with Crippen molar-refractivity contribution in [3.63, 3.8) is 0 Å². The van der Waals surface area contributed by atoms with Crippen molar-refractivity contribution in [1.82, 2.24) is 14.5 Å². The summed E-state index contributed by atoms with van der Waals surface area (Å²) in [5.41, 5.74) is 3.03. The van der Waals surface area contributed by atoms with Gasteiger partial charge in [0.1, 0.15) is 6.10 Å². The maximum absolute atomic E-state index is 12.4. The molecule has 0 aliphatic carbocycles. The molecule has 1 heterocycles. The smallest absolute Gasteiger partial charge is 0.374 e. The van der Waals surface area contributed by atoms with Crippen LogP contribution in [0.15, 0.2) is 12.1 Å². The third-order valence-corrected chi connectivity index (χ3v) is 4.12. The van der Waals surface area contributed by atoms with E-state index in [1.165, 1.54) is 0 Å². The second-order valence-electron chi connectivity index (χ2n) is 6.80. The van der Waals surface area contributed by atoms with E-state index in [4.69, 9.17) is 4.74 Å². The molecule has 2 rings (SSSR count). The number of hydrogen-bond acceptors (Lipinski definition) is 5. The molecule has 1 aromatic carbocycles. The number of fused-ring (bicyclic) bond motifs is 1. The van der Waals surface area contributed by atoms with Gasteiger partial charge in [0.2, 0.25) is 5.82 Å². The predicted octanol–water partition coefficient (Wildman–Crippen LogP) is 2.97. The summed E-state index contributed by atoms with van der Waals surface area (Å²) in [4.78, 5) is 31.1. The average molecular weight is 345 g/mol. The van der Waals surface area contributed by atoms with Crippen molar-refractivity contribution in [3.8, 4) is 0 Å². The number of likely N-dealkylation sites (N-methyl/N-ethyl adjacent to an activating group) is 1. The zero-order valence-electron chi connectivity index (χ0n) is 15.9. The minimum Gasteiger partial charge on any atom is -0.455 e. The van der Waals surface area contributed by atoms with Gasteiger partial charge >= 0.3 is 5.97 Å². The van der Waals surface area contributed by atoms with Crippen molar-refractivity contribution in [1.29, 1.82) is 0 Å². The average Bonchev–Trinajstić information content (AvgIpc) is 2.82. The van der Waals surface area contributed by atoms with Crippen LogP contribution in [-0.4, -0.2) is 52.9 Å². The molecule has 25 heavy (non-hydrogen) atoms. The van der Waals surface area contributed by atoms with Crippen LogP contribution in [0, 0.1) is 6.92 Å². The normalized spacial score (nSPS) is 12.6. The first kappa shape index (κ1) is 19.1. The van der Waals surface area contributed by atoms with E-state index in [9.17, 15) is 9.59 Å². The fourth-order valence-electron chi connectivity index (χ4n) is 2.97. The molecule has 0 aliphatic rings. The molecule has 0 saturated carbocycles. The van der Waals surface area contributed by atoms with Crippen LogP contribution < -0.4 is 0 Å². The van der Waals surface area contributed by atoms with Gasteiger partial charge in [0.25, 0.3) is 0 Å². The van der Waals surface area contributed by atoms with Gasteiger partial charge in [-0.2, -0.15) is 0 Å². The molecular formula is C19H27N3O3. The zero-order chi connectivity index (χ0) is 18.7. The standard InChI is InChI=1S/C19H27N3O3/c1-7-8-17(23)14-10-15-16(9-12(14)2)22(6)18(20-15)19(24)25-13(3)11-21(4)5/h9-10,13H,7-8,11H2,1-6H3. The molecule has 1 unspecified atom stereocenters. The highest BCUT2D eigenvalue weighted by Gasteiger charge is 2.21. The third kappa shape index (κ3) is 4.25. The topological polar surface area (TPSA) is 64.4 Å². The number of nitrogens with zero attached hydrogens (tertiary/aromatic N) is 3. The Hall–Kier alpha value is -2.21. The number of ether oxygens (including phenoxy) is 1.